The molecule has 2 aromatic rings. The number of aliphatic hydroxyl groups is 1. The second-order valence-electron chi connectivity index (χ2n) is 9.73. The molecule has 1 atom stereocenters. The van der Waals surface area contributed by atoms with Crippen molar-refractivity contribution in [1.82, 2.24) is 10.6 Å². The topological polar surface area (TPSA) is 96.9 Å². The van der Waals surface area contributed by atoms with Crippen LogP contribution in [0.2, 0.25) is 5.02 Å². The number of hydrogen-bond acceptors (Lipinski definition) is 5. The molecule has 0 unspecified atom stereocenters. The zero-order chi connectivity index (χ0) is 25.2. The summed E-state index contributed by atoms with van der Waals surface area (Å²) in [6.45, 7) is 3.52. The first-order valence-corrected chi connectivity index (χ1v) is 12.0. The van der Waals surface area contributed by atoms with Crippen LogP contribution in [-0.4, -0.2) is 47.3 Å². The highest BCUT2D eigenvalue weighted by atomic mass is 35.5. The molecule has 0 heterocycles. The maximum absolute atomic E-state index is 13.6. The van der Waals surface area contributed by atoms with Gasteiger partial charge in [0.1, 0.15) is 17.3 Å². The standard InChI is InChI=1S/C26H30ClFN2O5/c1-16-9-17(2)11-19(10-16)35-14-23(32)29-25-5-7-26(8-6-25,22(31)13-25)30-24(33)15-34-18-3-4-20(27)21(28)12-18/h3-4,9-12,22,31H,5-8,13-15H2,1-2H3,(H,29,32)(H,30,33)/t22-,25?,26?/m0/s1. The van der Waals surface area contributed by atoms with E-state index in [1.807, 2.05) is 32.0 Å². The van der Waals surface area contributed by atoms with Gasteiger partial charge in [-0.15, -0.1) is 0 Å². The molecule has 2 bridgehead atoms. The molecule has 0 spiro atoms. The lowest BCUT2D eigenvalue weighted by molar-refractivity contribution is -0.137. The number of benzene rings is 2. The number of aliphatic hydroxyl groups excluding tert-OH is 1. The van der Waals surface area contributed by atoms with Crippen LogP contribution in [0.5, 0.6) is 11.5 Å². The van der Waals surface area contributed by atoms with E-state index in [1.165, 1.54) is 12.1 Å². The van der Waals surface area contributed by atoms with Crippen LogP contribution < -0.4 is 20.1 Å². The molecule has 0 aliphatic heterocycles. The predicted octanol–water partition coefficient (Wildman–Crippen LogP) is 3.60. The van der Waals surface area contributed by atoms with E-state index in [4.69, 9.17) is 21.1 Å². The van der Waals surface area contributed by atoms with Gasteiger partial charge in [-0.2, -0.15) is 0 Å². The monoisotopic (exact) mass is 504 g/mol. The molecule has 35 heavy (non-hydrogen) atoms. The fourth-order valence-electron chi connectivity index (χ4n) is 5.19. The molecule has 3 aliphatic rings. The Hall–Kier alpha value is -2.84. The Morgan fingerprint density at radius 1 is 0.971 bits per heavy atom. The number of carbonyl (C=O) groups is 2. The van der Waals surface area contributed by atoms with Gasteiger partial charge in [-0.25, -0.2) is 4.39 Å². The van der Waals surface area contributed by atoms with Gasteiger partial charge < -0.3 is 25.2 Å². The van der Waals surface area contributed by atoms with Crippen molar-refractivity contribution in [1.29, 1.82) is 0 Å². The van der Waals surface area contributed by atoms with Gasteiger partial charge in [0, 0.05) is 11.6 Å². The Labute approximate surface area is 208 Å². The van der Waals surface area contributed by atoms with Crippen molar-refractivity contribution in [2.75, 3.05) is 13.2 Å². The number of fused-ring (bicyclic) bond motifs is 3. The van der Waals surface area contributed by atoms with Gasteiger partial charge in [0.15, 0.2) is 13.2 Å². The van der Waals surface area contributed by atoms with Gasteiger partial charge in [-0.3, -0.25) is 9.59 Å². The SMILES string of the molecule is Cc1cc(C)cc(OCC(=O)NC23CCC(NC(=O)COc4ccc(Cl)c(F)c4)(CC2)[C@@H](O)C3)c1. The Kier molecular flexibility index (Phi) is 7.24. The Bertz CT molecular complexity index is 1100. The highest BCUT2D eigenvalue weighted by molar-refractivity contribution is 6.30. The molecule has 3 fully saturated rings. The van der Waals surface area contributed by atoms with Gasteiger partial charge in [-0.05, 0) is 81.3 Å². The number of hydrogen-bond donors (Lipinski definition) is 3. The third-order valence-electron chi connectivity index (χ3n) is 6.94. The highest BCUT2D eigenvalue weighted by Gasteiger charge is 2.55. The van der Waals surface area contributed by atoms with Crippen LogP contribution in [0.4, 0.5) is 4.39 Å². The van der Waals surface area contributed by atoms with Crippen LogP contribution in [0.15, 0.2) is 36.4 Å². The normalized spacial score (nSPS) is 25.1. The molecule has 9 heteroatoms. The fourth-order valence-corrected chi connectivity index (χ4v) is 5.31. The summed E-state index contributed by atoms with van der Waals surface area (Å²) in [7, 11) is 0. The molecule has 188 valence electrons. The van der Waals surface area contributed by atoms with Crippen molar-refractivity contribution in [2.45, 2.75) is 63.1 Å². The molecule has 3 aliphatic carbocycles. The van der Waals surface area contributed by atoms with E-state index in [0.717, 1.165) is 17.2 Å². The van der Waals surface area contributed by atoms with E-state index >= 15 is 0 Å². The second kappa shape index (κ2) is 10.0. The fraction of sp³-hybridized carbons (Fsp3) is 0.462. The molecule has 0 aromatic heterocycles. The first-order valence-electron chi connectivity index (χ1n) is 11.7. The number of carbonyl (C=O) groups excluding carboxylic acids is 2. The molecule has 0 radical (unpaired) electrons. The zero-order valence-corrected chi connectivity index (χ0v) is 20.6. The zero-order valence-electron chi connectivity index (χ0n) is 19.8. The van der Waals surface area contributed by atoms with Gasteiger partial charge in [0.05, 0.1) is 16.7 Å². The molecule has 3 N–H and O–H groups in total. The molecule has 2 amide bonds. The number of nitrogens with one attached hydrogen (secondary N) is 2. The lowest BCUT2D eigenvalue weighted by atomic mass is 9.60. The number of rotatable bonds is 8. The molecule has 7 nitrogen and oxygen atoms in total. The highest BCUT2D eigenvalue weighted by Crippen LogP contribution is 2.47. The van der Waals surface area contributed by atoms with E-state index in [1.54, 1.807) is 0 Å². The van der Waals surface area contributed by atoms with Crippen LogP contribution in [0.1, 0.15) is 43.2 Å². The van der Waals surface area contributed by atoms with E-state index in [-0.39, 0.29) is 29.9 Å². The summed E-state index contributed by atoms with van der Waals surface area (Å²) in [6, 6.07) is 9.75. The largest absolute Gasteiger partial charge is 0.484 e. The number of aryl methyl sites for hydroxylation is 2. The summed E-state index contributed by atoms with van der Waals surface area (Å²) in [5.74, 6) is -0.432. The minimum Gasteiger partial charge on any atom is -0.484 e. The van der Waals surface area contributed by atoms with Gasteiger partial charge in [-0.1, -0.05) is 17.7 Å². The van der Waals surface area contributed by atoms with Crippen LogP contribution in [0, 0.1) is 19.7 Å². The van der Waals surface area contributed by atoms with Crippen molar-refractivity contribution in [3.05, 3.63) is 58.4 Å². The van der Waals surface area contributed by atoms with Crippen molar-refractivity contribution >= 4 is 23.4 Å². The number of halogens is 2. The third kappa shape index (κ3) is 5.87. The van der Waals surface area contributed by atoms with Crippen molar-refractivity contribution in [3.8, 4) is 11.5 Å². The van der Waals surface area contributed by atoms with E-state index in [2.05, 4.69) is 10.6 Å². The predicted molar refractivity (Wildman–Crippen MR) is 129 cm³/mol. The lowest BCUT2D eigenvalue weighted by Crippen LogP contribution is -2.70. The quantitative estimate of drug-likeness (QED) is 0.510. The summed E-state index contributed by atoms with van der Waals surface area (Å²) in [4.78, 5) is 25.2. The minimum absolute atomic E-state index is 0.0272. The summed E-state index contributed by atoms with van der Waals surface area (Å²) < 4.78 is 24.6. The summed E-state index contributed by atoms with van der Waals surface area (Å²) >= 11 is 5.66. The van der Waals surface area contributed by atoms with Gasteiger partial charge in [0.25, 0.3) is 11.8 Å². The maximum atomic E-state index is 13.6. The molecule has 5 rings (SSSR count). The molecular formula is C26H30ClFN2O5. The summed E-state index contributed by atoms with van der Waals surface area (Å²) in [5.41, 5.74) is 0.830. The third-order valence-corrected chi connectivity index (χ3v) is 7.25. The first-order chi connectivity index (χ1) is 16.6. The van der Waals surface area contributed by atoms with Gasteiger partial charge in [0.2, 0.25) is 0 Å². The first kappa shape index (κ1) is 25.3. The average Bonchev–Trinajstić information content (AvgIpc) is 2.79. The van der Waals surface area contributed by atoms with Crippen LogP contribution in [0.3, 0.4) is 0 Å². The average molecular weight is 505 g/mol. The molecular weight excluding hydrogens is 475 g/mol. The lowest BCUT2D eigenvalue weighted by Gasteiger charge is -2.56. The van der Waals surface area contributed by atoms with Crippen LogP contribution >= 0.6 is 11.6 Å². The van der Waals surface area contributed by atoms with Crippen LogP contribution in [0.25, 0.3) is 0 Å². The van der Waals surface area contributed by atoms with Gasteiger partial charge >= 0.3 is 0 Å². The van der Waals surface area contributed by atoms with Crippen LogP contribution in [-0.2, 0) is 9.59 Å². The van der Waals surface area contributed by atoms with E-state index < -0.39 is 28.9 Å². The number of amides is 2. The number of ether oxygens (including phenoxy) is 2. The van der Waals surface area contributed by atoms with Crippen molar-refractivity contribution in [2.24, 2.45) is 0 Å². The Morgan fingerprint density at radius 3 is 2.17 bits per heavy atom. The Morgan fingerprint density at radius 2 is 1.57 bits per heavy atom. The molecule has 2 aromatic carbocycles. The van der Waals surface area contributed by atoms with E-state index in [0.29, 0.717) is 37.9 Å². The summed E-state index contributed by atoms with van der Waals surface area (Å²) in [6.07, 6.45) is 1.82. The Balaban J connectivity index is 1.28. The smallest absolute Gasteiger partial charge is 0.258 e. The summed E-state index contributed by atoms with van der Waals surface area (Å²) in [5, 5.41) is 16.9. The van der Waals surface area contributed by atoms with Crippen molar-refractivity contribution < 1.29 is 28.6 Å². The maximum Gasteiger partial charge on any atom is 0.258 e. The van der Waals surface area contributed by atoms with Crippen molar-refractivity contribution in [3.63, 3.8) is 0 Å². The second-order valence-corrected chi connectivity index (χ2v) is 10.1. The molecule has 3 saturated carbocycles. The minimum atomic E-state index is -0.817. The molecule has 0 saturated heterocycles. The van der Waals surface area contributed by atoms with E-state index in [9.17, 15) is 19.1 Å².